The van der Waals surface area contributed by atoms with Gasteiger partial charge in [0, 0.05) is 25.2 Å². The Morgan fingerprint density at radius 2 is 1.96 bits per heavy atom. The van der Waals surface area contributed by atoms with Gasteiger partial charge in [0.15, 0.2) is 0 Å². The molecule has 4 N–H and O–H groups in total. The third kappa shape index (κ3) is 5.35. The van der Waals surface area contributed by atoms with E-state index in [1.165, 1.54) is 12.1 Å². The molecule has 0 saturated heterocycles. The van der Waals surface area contributed by atoms with E-state index in [0.717, 1.165) is 30.0 Å². The van der Waals surface area contributed by atoms with Crippen LogP contribution in [0.2, 0.25) is 0 Å². The van der Waals surface area contributed by atoms with Crippen LogP contribution in [0.25, 0.3) is 0 Å². The highest BCUT2D eigenvalue weighted by molar-refractivity contribution is 5.41. The van der Waals surface area contributed by atoms with Gasteiger partial charge in [-0.1, -0.05) is 18.2 Å². The first kappa shape index (κ1) is 19.1. The lowest BCUT2D eigenvalue weighted by Gasteiger charge is -2.25. The van der Waals surface area contributed by atoms with Crippen LogP contribution in [0.3, 0.4) is 0 Å². The summed E-state index contributed by atoms with van der Waals surface area (Å²) in [5, 5.41) is 3.31. The third-order valence-electron chi connectivity index (χ3n) is 4.06. The summed E-state index contributed by atoms with van der Waals surface area (Å²) in [5.41, 5.74) is 4.75. The molecule has 2 aromatic rings. The molecular formula is C19H26FN5. The number of hydrogen-bond donors (Lipinski definition) is 3. The molecule has 0 radical (unpaired) electrons. The lowest BCUT2D eigenvalue weighted by atomic mass is 9.88. The second kappa shape index (κ2) is 9.27. The number of nitrogens with zero attached hydrogens (tertiary/aromatic N) is 2. The molecule has 25 heavy (non-hydrogen) atoms. The van der Waals surface area contributed by atoms with E-state index in [9.17, 15) is 4.39 Å². The van der Waals surface area contributed by atoms with E-state index in [-0.39, 0.29) is 17.8 Å². The minimum atomic E-state index is -0.272. The van der Waals surface area contributed by atoms with Crippen molar-refractivity contribution in [2.45, 2.75) is 12.0 Å². The van der Waals surface area contributed by atoms with E-state index in [0.29, 0.717) is 0 Å². The van der Waals surface area contributed by atoms with Crippen LogP contribution in [0.5, 0.6) is 0 Å². The summed E-state index contributed by atoms with van der Waals surface area (Å²) < 4.78 is 13.2. The normalized spacial score (nSPS) is 13.5. The topological polar surface area (TPSA) is 66.2 Å². The minimum absolute atomic E-state index is 0.0761. The quantitative estimate of drug-likeness (QED) is 0.371. The number of rotatable bonds is 9. The summed E-state index contributed by atoms with van der Waals surface area (Å²) in [7, 11) is 4.05. The van der Waals surface area contributed by atoms with Gasteiger partial charge in [-0.3, -0.25) is 11.3 Å². The van der Waals surface area contributed by atoms with Crippen LogP contribution in [-0.2, 0) is 0 Å². The maximum absolute atomic E-state index is 13.2. The van der Waals surface area contributed by atoms with Crippen LogP contribution < -0.4 is 16.6 Å². The van der Waals surface area contributed by atoms with Crippen molar-refractivity contribution in [2.75, 3.05) is 32.5 Å². The first-order valence-corrected chi connectivity index (χ1v) is 8.24. The Morgan fingerprint density at radius 1 is 1.24 bits per heavy atom. The molecule has 0 saturated carbocycles. The van der Waals surface area contributed by atoms with Gasteiger partial charge in [-0.25, -0.2) is 9.37 Å². The minimum Gasteiger partial charge on any atom is -0.369 e. The van der Waals surface area contributed by atoms with E-state index < -0.39 is 0 Å². The molecule has 0 aliphatic carbocycles. The Morgan fingerprint density at radius 3 is 2.56 bits per heavy atom. The van der Waals surface area contributed by atoms with E-state index in [4.69, 9.17) is 5.84 Å². The molecule has 0 fully saturated rings. The van der Waals surface area contributed by atoms with Gasteiger partial charge in [0.2, 0.25) is 0 Å². The largest absolute Gasteiger partial charge is 0.369 e. The molecule has 2 rings (SSSR count). The molecule has 2 unspecified atom stereocenters. The molecule has 5 nitrogen and oxygen atoms in total. The zero-order chi connectivity index (χ0) is 18.2. The fraction of sp³-hybridized carbons (Fsp3) is 0.316. The highest BCUT2D eigenvalue weighted by Crippen LogP contribution is 2.32. The number of anilines is 1. The molecule has 1 heterocycles. The molecule has 0 aliphatic heterocycles. The lowest BCUT2D eigenvalue weighted by molar-refractivity contribution is 0.425. The molecule has 2 atom stereocenters. The van der Waals surface area contributed by atoms with Gasteiger partial charge in [0.05, 0.1) is 6.04 Å². The van der Waals surface area contributed by atoms with Gasteiger partial charge >= 0.3 is 0 Å². The standard InChI is InChI=1S/C19H26FN5/c1-4-17(19(24-21)14-5-7-16(20)8-6-14)15-9-10-22-18(13-15)23-11-12-25(2)3/h4-10,13,17,19,24H,1,11-12,21H2,2-3H3,(H,22,23). The molecule has 134 valence electrons. The molecule has 0 amide bonds. The maximum Gasteiger partial charge on any atom is 0.126 e. The summed E-state index contributed by atoms with van der Waals surface area (Å²) in [6.07, 6.45) is 3.61. The number of aromatic nitrogens is 1. The summed E-state index contributed by atoms with van der Waals surface area (Å²) in [5.74, 6) is 6.24. The smallest absolute Gasteiger partial charge is 0.126 e. The first-order valence-electron chi connectivity index (χ1n) is 8.24. The number of likely N-dealkylation sites (N-methyl/N-ethyl adjacent to an activating group) is 1. The Hall–Kier alpha value is -2.28. The van der Waals surface area contributed by atoms with Crippen molar-refractivity contribution in [3.63, 3.8) is 0 Å². The second-order valence-electron chi connectivity index (χ2n) is 6.16. The number of pyridine rings is 1. The van der Waals surface area contributed by atoms with Crippen molar-refractivity contribution < 1.29 is 4.39 Å². The maximum atomic E-state index is 13.2. The lowest BCUT2D eigenvalue weighted by Crippen LogP contribution is -2.32. The number of benzene rings is 1. The zero-order valence-corrected chi connectivity index (χ0v) is 14.7. The molecule has 0 aliphatic rings. The fourth-order valence-electron chi connectivity index (χ4n) is 2.70. The third-order valence-corrected chi connectivity index (χ3v) is 4.06. The van der Waals surface area contributed by atoms with Gasteiger partial charge in [-0.05, 0) is 49.5 Å². The predicted molar refractivity (Wildman–Crippen MR) is 101 cm³/mol. The number of nitrogens with two attached hydrogens (primary N) is 1. The number of hydrogen-bond acceptors (Lipinski definition) is 5. The van der Waals surface area contributed by atoms with Gasteiger partial charge in [-0.2, -0.15) is 0 Å². The second-order valence-corrected chi connectivity index (χ2v) is 6.16. The van der Waals surface area contributed by atoms with Crippen molar-refractivity contribution >= 4 is 5.82 Å². The van der Waals surface area contributed by atoms with Crippen LogP contribution in [-0.4, -0.2) is 37.1 Å². The van der Waals surface area contributed by atoms with Crippen molar-refractivity contribution in [3.8, 4) is 0 Å². The zero-order valence-electron chi connectivity index (χ0n) is 14.7. The van der Waals surface area contributed by atoms with Gasteiger partial charge in [-0.15, -0.1) is 6.58 Å². The summed E-state index contributed by atoms with van der Waals surface area (Å²) in [4.78, 5) is 6.46. The van der Waals surface area contributed by atoms with E-state index in [2.05, 4.69) is 27.2 Å². The molecule has 6 heteroatoms. The summed E-state index contributed by atoms with van der Waals surface area (Å²) in [6, 6.07) is 10.0. The Labute approximate surface area is 148 Å². The number of hydrazine groups is 1. The van der Waals surface area contributed by atoms with E-state index in [1.54, 1.807) is 18.3 Å². The molecule has 1 aromatic carbocycles. The van der Waals surface area contributed by atoms with E-state index >= 15 is 0 Å². The SMILES string of the molecule is C=CC(c1ccnc(NCCN(C)C)c1)C(NN)c1ccc(F)cc1. The average Bonchev–Trinajstić information content (AvgIpc) is 2.60. The molecule has 0 spiro atoms. The highest BCUT2D eigenvalue weighted by atomic mass is 19.1. The highest BCUT2D eigenvalue weighted by Gasteiger charge is 2.21. The fourth-order valence-corrected chi connectivity index (χ4v) is 2.70. The van der Waals surface area contributed by atoms with Crippen LogP contribution in [0.1, 0.15) is 23.1 Å². The van der Waals surface area contributed by atoms with Crippen LogP contribution in [0.4, 0.5) is 10.2 Å². The van der Waals surface area contributed by atoms with E-state index in [1.807, 2.05) is 32.3 Å². The molecule has 0 bridgehead atoms. The Bertz CT molecular complexity index is 672. The first-order chi connectivity index (χ1) is 12.0. The van der Waals surface area contributed by atoms with Crippen LogP contribution in [0, 0.1) is 5.82 Å². The van der Waals surface area contributed by atoms with Crippen molar-refractivity contribution in [1.82, 2.24) is 15.3 Å². The number of halogens is 1. The Balaban J connectivity index is 2.20. The monoisotopic (exact) mass is 343 g/mol. The molecule has 1 aromatic heterocycles. The predicted octanol–water partition coefficient (Wildman–Crippen LogP) is 2.67. The Kier molecular flexibility index (Phi) is 7.06. The van der Waals surface area contributed by atoms with Crippen LogP contribution >= 0.6 is 0 Å². The van der Waals surface area contributed by atoms with Gasteiger partial charge in [0.25, 0.3) is 0 Å². The van der Waals surface area contributed by atoms with Gasteiger partial charge in [0.1, 0.15) is 11.6 Å². The van der Waals surface area contributed by atoms with Crippen LogP contribution in [0.15, 0.2) is 55.3 Å². The number of nitrogens with one attached hydrogen (secondary N) is 2. The van der Waals surface area contributed by atoms with Gasteiger partial charge < -0.3 is 10.2 Å². The summed E-state index contributed by atoms with van der Waals surface area (Å²) in [6.45, 7) is 5.67. The van der Waals surface area contributed by atoms with Crippen molar-refractivity contribution in [1.29, 1.82) is 0 Å². The van der Waals surface area contributed by atoms with Crippen molar-refractivity contribution in [3.05, 3.63) is 72.2 Å². The van der Waals surface area contributed by atoms with Crippen molar-refractivity contribution in [2.24, 2.45) is 5.84 Å². The summed E-state index contributed by atoms with van der Waals surface area (Å²) >= 11 is 0. The average molecular weight is 343 g/mol. The molecular weight excluding hydrogens is 317 g/mol.